The Labute approximate surface area is 105 Å². The van der Waals surface area contributed by atoms with E-state index in [0.29, 0.717) is 17.9 Å². The van der Waals surface area contributed by atoms with Crippen LogP contribution in [0.2, 0.25) is 5.15 Å². The van der Waals surface area contributed by atoms with Crippen LogP contribution < -0.4 is 11.1 Å². The minimum Gasteiger partial charge on any atom is -0.397 e. The van der Waals surface area contributed by atoms with Crippen LogP contribution in [0.3, 0.4) is 0 Å². The second-order valence-electron chi connectivity index (χ2n) is 3.63. The molecule has 3 N–H and O–H groups in total. The normalized spacial score (nSPS) is 12.2. The number of ether oxygens (including phenoxy) is 1. The van der Waals surface area contributed by atoms with E-state index in [0.717, 1.165) is 6.42 Å². The highest BCUT2D eigenvalue weighted by molar-refractivity contribution is 6.29. The third kappa shape index (κ3) is 3.87. The number of carbonyl (C=O) groups excluding carboxylic acids is 1. The molecule has 17 heavy (non-hydrogen) atoms. The zero-order chi connectivity index (χ0) is 12.8. The number of nitrogens with two attached hydrogens (primary N) is 1. The molecular formula is C11H16ClN3O2. The third-order valence-corrected chi connectivity index (χ3v) is 2.55. The Morgan fingerprint density at radius 3 is 3.00 bits per heavy atom. The van der Waals surface area contributed by atoms with Gasteiger partial charge in [-0.15, -0.1) is 0 Å². The second-order valence-corrected chi connectivity index (χ2v) is 4.02. The van der Waals surface area contributed by atoms with E-state index < -0.39 is 0 Å². The number of rotatable bonds is 5. The molecule has 0 radical (unpaired) electrons. The quantitative estimate of drug-likeness (QED) is 0.783. The minimum atomic E-state index is -0.268. The van der Waals surface area contributed by atoms with Gasteiger partial charge in [-0.3, -0.25) is 4.79 Å². The predicted octanol–water partition coefficient (Wildman–Crippen LogP) is 1.47. The highest BCUT2D eigenvalue weighted by Crippen LogP contribution is 2.15. The number of nitrogens with one attached hydrogen (secondary N) is 1. The van der Waals surface area contributed by atoms with E-state index in [4.69, 9.17) is 22.1 Å². The molecule has 94 valence electrons. The molecular weight excluding hydrogens is 242 g/mol. The van der Waals surface area contributed by atoms with Gasteiger partial charge in [0.1, 0.15) is 5.15 Å². The molecule has 0 fully saturated rings. The largest absolute Gasteiger partial charge is 0.397 e. The summed E-state index contributed by atoms with van der Waals surface area (Å²) in [4.78, 5) is 15.7. The standard InChI is InChI=1S/C11H16ClN3O2/c1-3-7(6-17-2)15-11(16)8-4-10(12)14-5-9(8)13/h4-5,7H,3,6,13H2,1-2H3,(H,15,16). The van der Waals surface area contributed by atoms with E-state index >= 15 is 0 Å². The van der Waals surface area contributed by atoms with E-state index in [-0.39, 0.29) is 17.1 Å². The number of amides is 1. The van der Waals surface area contributed by atoms with Crippen molar-refractivity contribution in [3.63, 3.8) is 0 Å². The zero-order valence-corrected chi connectivity index (χ0v) is 10.6. The van der Waals surface area contributed by atoms with E-state index in [1.54, 1.807) is 7.11 Å². The number of halogens is 1. The van der Waals surface area contributed by atoms with Crippen LogP contribution in [0.15, 0.2) is 12.3 Å². The van der Waals surface area contributed by atoms with E-state index in [1.165, 1.54) is 12.3 Å². The lowest BCUT2D eigenvalue weighted by Crippen LogP contribution is -2.37. The number of aromatic nitrogens is 1. The molecule has 0 aliphatic rings. The summed E-state index contributed by atoms with van der Waals surface area (Å²) in [6.07, 6.45) is 2.15. The predicted molar refractivity (Wildman–Crippen MR) is 67.1 cm³/mol. The second kappa shape index (κ2) is 6.42. The van der Waals surface area contributed by atoms with Crippen LogP contribution in [0.4, 0.5) is 5.69 Å². The lowest BCUT2D eigenvalue weighted by molar-refractivity contribution is 0.0895. The molecule has 0 saturated carbocycles. The summed E-state index contributed by atoms with van der Waals surface area (Å²) >= 11 is 5.72. The maximum absolute atomic E-state index is 11.9. The van der Waals surface area contributed by atoms with Crippen molar-refractivity contribution in [3.8, 4) is 0 Å². The lowest BCUT2D eigenvalue weighted by atomic mass is 10.2. The molecule has 1 aromatic rings. The Morgan fingerprint density at radius 2 is 2.41 bits per heavy atom. The number of hydrogen-bond donors (Lipinski definition) is 2. The average Bonchev–Trinajstić information content (AvgIpc) is 2.31. The molecule has 0 aromatic carbocycles. The van der Waals surface area contributed by atoms with Gasteiger partial charge in [-0.1, -0.05) is 18.5 Å². The summed E-state index contributed by atoms with van der Waals surface area (Å²) < 4.78 is 5.00. The van der Waals surface area contributed by atoms with Crippen LogP contribution in [0.5, 0.6) is 0 Å². The molecule has 1 heterocycles. The van der Waals surface area contributed by atoms with Crippen LogP contribution in [0.1, 0.15) is 23.7 Å². The lowest BCUT2D eigenvalue weighted by Gasteiger charge is -2.16. The summed E-state index contributed by atoms with van der Waals surface area (Å²) in [6.45, 7) is 2.42. The molecule has 1 atom stereocenters. The Morgan fingerprint density at radius 1 is 1.71 bits per heavy atom. The van der Waals surface area contributed by atoms with Crippen LogP contribution >= 0.6 is 11.6 Å². The van der Waals surface area contributed by atoms with E-state index in [1.807, 2.05) is 6.92 Å². The molecule has 1 rings (SSSR count). The van der Waals surface area contributed by atoms with Gasteiger partial charge in [0.05, 0.1) is 30.1 Å². The first-order chi connectivity index (χ1) is 8.08. The zero-order valence-electron chi connectivity index (χ0n) is 9.87. The van der Waals surface area contributed by atoms with Gasteiger partial charge >= 0.3 is 0 Å². The number of methoxy groups -OCH3 is 1. The fourth-order valence-electron chi connectivity index (χ4n) is 1.36. The molecule has 1 unspecified atom stereocenters. The minimum absolute atomic E-state index is 0.0427. The molecule has 0 saturated heterocycles. The Bertz CT molecular complexity index is 398. The molecule has 0 bridgehead atoms. The number of carbonyl (C=O) groups is 1. The number of hydrogen-bond acceptors (Lipinski definition) is 4. The van der Waals surface area contributed by atoms with Crippen molar-refractivity contribution in [3.05, 3.63) is 23.0 Å². The Kier molecular flexibility index (Phi) is 5.18. The molecule has 1 amide bonds. The van der Waals surface area contributed by atoms with E-state index in [9.17, 15) is 4.79 Å². The molecule has 6 heteroatoms. The van der Waals surface area contributed by atoms with Gasteiger partial charge < -0.3 is 15.8 Å². The van der Waals surface area contributed by atoms with Crippen molar-refractivity contribution in [2.24, 2.45) is 0 Å². The summed E-state index contributed by atoms with van der Waals surface area (Å²) in [5.41, 5.74) is 6.31. The SMILES string of the molecule is CCC(COC)NC(=O)c1cc(Cl)ncc1N. The highest BCUT2D eigenvalue weighted by atomic mass is 35.5. The third-order valence-electron chi connectivity index (χ3n) is 2.34. The van der Waals surface area contributed by atoms with Gasteiger partial charge in [-0.25, -0.2) is 4.98 Å². The molecule has 5 nitrogen and oxygen atoms in total. The Hall–Kier alpha value is -1.33. The van der Waals surface area contributed by atoms with Crippen LogP contribution in [-0.4, -0.2) is 30.6 Å². The first-order valence-electron chi connectivity index (χ1n) is 5.29. The van der Waals surface area contributed by atoms with Gasteiger partial charge in [0.15, 0.2) is 0 Å². The summed E-state index contributed by atoms with van der Waals surface area (Å²) in [6, 6.07) is 1.41. The first kappa shape index (κ1) is 13.7. The number of pyridine rings is 1. The number of nitrogens with zero attached hydrogens (tertiary/aromatic N) is 1. The summed E-state index contributed by atoms with van der Waals surface area (Å²) in [5, 5.41) is 3.06. The summed E-state index contributed by atoms with van der Waals surface area (Å²) in [5.74, 6) is -0.268. The molecule has 0 aliphatic heterocycles. The highest BCUT2D eigenvalue weighted by Gasteiger charge is 2.15. The van der Waals surface area contributed by atoms with Crippen molar-refractivity contribution in [2.45, 2.75) is 19.4 Å². The van der Waals surface area contributed by atoms with Gasteiger partial charge in [0.25, 0.3) is 5.91 Å². The maximum Gasteiger partial charge on any atom is 0.253 e. The van der Waals surface area contributed by atoms with Gasteiger partial charge in [-0.05, 0) is 12.5 Å². The fraction of sp³-hybridized carbons (Fsp3) is 0.455. The topological polar surface area (TPSA) is 77.2 Å². The molecule has 0 aliphatic carbocycles. The summed E-state index contributed by atoms with van der Waals surface area (Å²) in [7, 11) is 1.59. The van der Waals surface area contributed by atoms with E-state index in [2.05, 4.69) is 10.3 Å². The van der Waals surface area contributed by atoms with Crippen molar-refractivity contribution >= 4 is 23.2 Å². The maximum atomic E-state index is 11.9. The van der Waals surface area contributed by atoms with Crippen molar-refractivity contribution < 1.29 is 9.53 Å². The van der Waals surface area contributed by atoms with Crippen molar-refractivity contribution in [1.29, 1.82) is 0 Å². The number of anilines is 1. The monoisotopic (exact) mass is 257 g/mol. The van der Waals surface area contributed by atoms with Gasteiger partial charge in [0, 0.05) is 7.11 Å². The van der Waals surface area contributed by atoms with Crippen molar-refractivity contribution in [1.82, 2.24) is 10.3 Å². The van der Waals surface area contributed by atoms with Crippen molar-refractivity contribution in [2.75, 3.05) is 19.5 Å². The molecule has 0 spiro atoms. The van der Waals surface area contributed by atoms with Crippen LogP contribution in [-0.2, 0) is 4.74 Å². The average molecular weight is 258 g/mol. The number of nitrogen functional groups attached to an aromatic ring is 1. The fourth-order valence-corrected chi connectivity index (χ4v) is 1.52. The molecule has 1 aromatic heterocycles. The Balaban J connectivity index is 2.78. The van der Waals surface area contributed by atoms with Gasteiger partial charge in [0.2, 0.25) is 0 Å². The van der Waals surface area contributed by atoms with Crippen LogP contribution in [0.25, 0.3) is 0 Å². The smallest absolute Gasteiger partial charge is 0.253 e. The van der Waals surface area contributed by atoms with Gasteiger partial charge in [-0.2, -0.15) is 0 Å². The first-order valence-corrected chi connectivity index (χ1v) is 5.67. The van der Waals surface area contributed by atoms with Crippen LogP contribution in [0, 0.1) is 0 Å².